The molecule has 4 heterocycles. The van der Waals surface area contributed by atoms with Crippen molar-refractivity contribution in [1.29, 1.82) is 0 Å². The van der Waals surface area contributed by atoms with Crippen molar-refractivity contribution in [2.24, 2.45) is 0 Å². The number of aromatic amines is 1. The van der Waals surface area contributed by atoms with Gasteiger partial charge in [0.15, 0.2) is 0 Å². The molecule has 0 saturated heterocycles. The van der Waals surface area contributed by atoms with Crippen LogP contribution in [-0.2, 0) is 5.41 Å². The molecule has 0 radical (unpaired) electrons. The third-order valence-corrected chi connectivity index (χ3v) is 7.97. The molecule has 3 aromatic carbocycles. The number of H-pyrrole nitrogens is 1. The molecule has 0 atom stereocenters. The summed E-state index contributed by atoms with van der Waals surface area (Å²) in [5.74, 6) is -0.303. The average Bonchev–Trinajstić information content (AvgIpc) is 3.56. The van der Waals surface area contributed by atoms with Crippen LogP contribution in [0.1, 0.15) is 32.0 Å². The second kappa shape index (κ2) is 10.0. The molecule has 0 fully saturated rings. The summed E-state index contributed by atoms with van der Waals surface area (Å²) in [5, 5.41) is 2.17. The van der Waals surface area contributed by atoms with Gasteiger partial charge in [-0.25, -0.2) is 13.8 Å². The van der Waals surface area contributed by atoms with Gasteiger partial charge in [0.2, 0.25) is 0 Å². The fraction of sp³-hybridized carbons (Fsp3) is 0.135. The van der Waals surface area contributed by atoms with E-state index in [1.807, 2.05) is 49.4 Å². The number of nitrogens with zero attached hydrogens (tertiary/aromatic N) is 3. The van der Waals surface area contributed by atoms with Gasteiger partial charge in [0, 0.05) is 45.4 Å². The van der Waals surface area contributed by atoms with Gasteiger partial charge in [-0.15, -0.1) is 0 Å². The minimum atomic E-state index is -0.621. The van der Waals surface area contributed by atoms with Crippen LogP contribution in [0.5, 0.6) is 0 Å². The third-order valence-electron chi connectivity index (χ3n) is 7.97. The van der Waals surface area contributed by atoms with Crippen LogP contribution in [0.15, 0.2) is 103 Å². The Hall–Kier alpha value is -5.10. The lowest BCUT2D eigenvalue weighted by Crippen LogP contribution is -2.10. The Bertz CT molecular complexity index is 2150. The minimum absolute atomic E-state index is 0.00303. The number of benzene rings is 3. The maximum atomic E-state index is 15.0. The molecular weight excluding hydrogens is 538 g/mol. The summed E-state index contributed by atoms with van der Waals surface area (Å²) in [7, 11) is 0. The van der Waals surface area contributed by atoms with E-state index in [0.717, 1.165) is 62.0 Å². The molecule has 0 spiro atoms. The number of hydrogen-bond donors (Lipinski definition) is 1. The summed E-state index contributed by atoms with van der Waals surface area (Å²) in [5.41, 5.74) is 8.21. The predicted octanol–water partition coefficient (Wildman–Crippen LogP) is 9.79. The number of rotatable bonds is 4. The van der Waals surface area contributed by atoms with Crippen LogP contribution in [0, 0.1) is 18.6 Å². The van der Waals surface area contributed by atoms with Crippen LogP contribution in [0.25, 0.3) is 61.4 Å². The van der Waals surface area contributed by atoms with Crippen LogP contribution in [0.4, 0.5) is 8.78 Å². The lowest BCUT2D eigenvalue weighted by atomic mass is 9.86. The van der Waals surface area contributed by atoms with Gasteiger partial charge in [0.1, 0.15) is 23.1 Å². The molecule has 0 unspecified atom stereocenters. The average molecular weight is 569 g/mol. The highest BCUT2D eigenvalue weighted by Crippen LogP contribution is 2.37. The van der Waals surface area contributed by atoms with Crippen LogP contribution in [0.2, 0.25) is 0 Å². The van der Waals surface area contributed by atoms with Gasteiger partial charge in [-0.2, -0.15) is 0 Å². The number of fused-ring (bicyclic) bond motifs is 3. The molecule has 0 aliphatic heterocycles. The maximum Gasteiger partial charge on any atom is 0.147 e. The molecule has 4 aromatic heterocycles. The fourth-order valence-electron chi connectivity index (χ4n) is 5.72. The molecule has 0 amide bonds. The first-order valence-corrected chi connectivity index (χ1v) is 14.3. The van der Waals surface area contributed by atoms with E-state index in [2.05, 4.69) is 71.7 Å². The van der Waals surface area contributed by atoms with Gasteiger partial charge >= 0.3 is 0 Å². The summed E-state index contributed by atoms with van der Waals surface area (Å²) in [4.78, 5) is 13.3. The highest BCUT2D eigenvalue weighted by molar-refractivity contribution is 6.08. The molecule has 0 aliphatic carbocycles. The van der Waals surface area contributed by atoms with E-state index in [1.54, 1.807) is 6.20 Å². The summed E-state index contributed by atoms with van der Waals surface area (Å²) < 4.78 is 31.0. The summed E-state index contributed by atoms with van der Waals surface area (Å²) in [6.07, 6.45) is 1.73. The zero-order chi connectivity index (χ0) is 29.9. The number of halogens is 2. The Labute approximate surface area is 248 Å². The van der Waals surface area contributed by atoms with E-state index >= 15 is 4.39 Å². The molecule has 4 nitrogen and oxygen atoms in total. The van der Waals surface area contributed by atoms with Crippen LogP contribution in [0.3, 0.4) is 0 Å². The number of hydrogen-bond acceptors (Lipinski definition) is 2. The quantitative estimate of drug-likeness (QED) is 0.230. The van der Waals surface area contributed by atoms with E-state index < -0.39 is 11.6 Å². The molecule has 212 valence electrons. The van der Waals surface area contributed by atoms with Crippen molar-refractivity contribution in [2.45, 2.75) is 33.1 Å². The Kier molecular flexibility index (Phi) is 6.24. The molecule has 0 aliphatic rings. The third kappa shape index (κ3) is 4.79. The minimum Gasteiger partial charge on any atom is -0.345 e. The normalized spacial score (nSPS) is 12.0. The highest BCUT2D eigenvalue weighted by atomic mass is 19.1. The SMILES string of the molecule is Cc1ccc(-n2c3ccc(C(C)(C)C)cc3c3ccc(-c4cc(-c5ccccn5)cc(-c5ccc(F)cc5F)c4)nc32)[nH]1. The summed E-state index contributed by atoms with van der Waals surface area (Å²) in [6, 6.07) is 30.0. The van der Waals surface area contributed by atoms with Gasteiger partial charge in [-0.3, -0.25) is 9.55 Å². The van der Waals surface area contributed by atoms with E-state index in [4.69, 9.17) is 4.98 Å². The second-order valence-corrected chi connectivity index (χ2v) is 12.0. The summed E-state index contributed by atoms with van der Waals surface area (Å²) >= 11 is 0. The molecule has 0 saturated carbocycles. The van der Waals surface area contributed by atoms with Crippen LogP contribution < -0.4 is 0 Å². The smallest absolute Gasteiger partial charge is 0.147 e. The van der Waals surface area contributed by atoms with Crippen molar-refractivity contribution >= 4 is 21.9 Å². The lowest BCUT2D eigenvalue weighted by Gasteiger charge is -2.19. The van der Waals surface area contributed by atoms with Gasteiger partial charge in [-0.1, -0.05) is 32.9 Å². The van der Waals surface area contributed by atoms with Crippen molar-refractivity contribution in [3.8, 4) is 39.5 Å². The number of pyridine rings is 2. The van der Waals surface area contributed by atoms with Gasteiger partial charge in [0.25, 0.3) is 0 Å². The van der Waals surface area contributed by atoms with Crippen LogP contribution >= 0.6 is 0 Å². The van der Waals surface area contributed by atoms with Crippen molar-refractivity contribution < 1.29 is 8.78 Å². The zero-order valence-corrected chi connectivity index (χ0v) is 24.4. The van der Waals surface area contributed by atoms with Crippen LogP contribution in [-0.4, -0.2) is 19.5 Å². The van der Waals surface area contributed by atoms with Gasteiger partial charge in [-0.05, 0) is 102 Å². The number of nitrogens with one attached hydrogen (secondary N) is 1. The molecule has 0 bridgehead atoms. The maximum absolute atomic E-state index is 15.0. The molecule has 1 N–H and O–H groups in total. The Morgan fingerprint density at radius 1 is 0.721 bits per heavy atom. The van der Waals surface area contributed by atoms with E-state index in [-0.39, 0.29) is 5.41 Å². The Balaban J connectivity index is 1.49. The second-order valence-electron chi connectivity index (χ2n) is 12.0. The standard InChI is InChI=1S/C37H30F2N4/c1-22-8-15-35(41-22)43-34-14-9-26(37(2,3)4)20-30(34)29-12-13-33(42-36(29)43)25-18-23(28-11-10-27(38)21-31(28)39)17-24(19-25)32-7-5-6-16-40-32/h5-21,41H,1-4H3. The van der Waals surface area contributed by atoms with Crippen molar-refractivity contribution in [1.82, 2.24) is 19.5 Å². The molecule has 7 aromatic rings. The topological polar surface area (TPSA) is 46.5 Å². The van der Waals surface area contributed by atoms with E-state index in [9.17, 15) is 4.39 Å². The Morgan fingerprint density at radius 2 is 1.51 bits per heavy atom. The first-order valence-electron chi connectivity index (χ1n) is 14.3. The monoisotopic (exact) mass is 568 g/mol. The molecule has 7 rings (SSSR count). The molecular formula is C37H30F2N4. The predicted molar refractivity (Wildman–Crippen MR) is 170 cm³/mol. The van der Waals surface area contributed by atoms with Crippen molar-refractivity contribution in [2.75, 3.05) is 0 Å². The van der Waals surface area contributed by atoms with E-state index in [0.29, 0.717) is 11.1 Å². The van der Waals surface area contributed by atoms with E-state index in [1.165, 1.54) is 17.7 Å². The van der Waals surface area contributed by atoms with Gasteiger partial charge < -0.3 is 4.98 Å². The Morgan fingerprint density at radius 3 is 2.21 bits per heavy atom. The van der Waals surface area contributed by atoms with Crippen molar-refractivity contribution in [3.05, 3.63) is 126 Å². The number of aryl methyl sites for hydroxylation is 1. The largest absolute Gasteiger partial charge is 0.345 e. The first-order chi connectivity index (χ1) is 20.7. The summed E-state index contributed by atoms with van der Waals surface area (Å²) in [6.45, 7) is 8.68. The first kappa shape index (κ1) is 26.8. The number of aromatic nitrogens is 4. The van der Waals surface area contributed by atoms with Gasteiger partial charge in [0.05, 0.1) is 16.9 Å². The lowest BCUT2D eigenvalue weighted by molar-refractivity contribution is 0.585. The molecule has 43 heavy (non-hydrogen) atoms. The molecule has 6 heteroatoms. The highest BCUT2D eigenvalue weighted by Gasteiger charge is 2.20. The fourth-order valence-corrected chi connectivity index (χ4v) is 5.72. The van der Waals surface area contributed by atoms with Crippen molar-refractivity contribution in [3.63, 3.8) is 0 Å². The zero-order valence-electron chi connectivity index (χ0n) is 24.4.